The quantitative estimate of drug-likeness (QED) is 0.685. The molecule has 6 nitrogen and oxygen atoms in total. The maximum Gasteiger partial charge on any atom is 0.251 e. The maximum absolute atomic E-state index is 14.0. The lowest BCUT2D eigenvalue weighted by Gasteiger charge is -2.32. The van der Waals surface area contributed by atoms with E-state index in [1.807, 2.05) is 12.1 Å². The Kier molecular flexibility index (Phi) is 5.53. The third-order valence-corrected chi connectivity index (χ3v) is 5.08. The van der Waals surface area contributed by atoms with Crippen LogP contribution in [0.2, 0.25) is 0 Å². The van der Waals surface area contributed by atoms with Gasteiger partial charge >= 0.3 is 0 Å². The number of nitrogens with zero attached hydrogens (tertiary/aromatic N) is 2. The summed E-state index contributed by atoms with van der Waals surface area (Å²) in [5, 5.41) is 2.97. The van der Waals surface area contributed by atoms with Crippen molar-refractivity contribution >= 4 is 5.91 Å². The predicted molar refractivity (Wildman–Crippen MR) is 103 cm³/mol. The number of hydrogen-bond acceptors (Lipinski definition) is 4. The van der Waals surface area contributed by atoms with E-state index in [4.69, 9.17) is 4.42 Å². The lowest BCUT2D eigenvalue weighted by Crippen LogP contribution is -2.40. The Morgan fingerprint density at radius 1 is 1.39 bits per heavy atom. The minimum atomic E-state index is -0.445. The van der Waals surface area contributed by atoms with Gasteiger partial charge in [0.15, 0.2) is 0 Å². The summed E-state index contributed by atoms with van der Waals surface area (Å²) in [6.45, 7) is 3.30. The number of aromatic nitrogens is 2. The highest BCUT2D eigenvalue weighted by Crippen LogP contribution is 2.21. The van der Waals surface area contributed by atoms with Crippen LogP contribution in [0.4, 0.5) is 4.39 Å². The second-order valence-corrected chi connectivity index (χ2v) is 7.23. The molecule has 1 saturated heterocycles. The second-order valence-electron chi connectivity index (χ2n) is 7.23. The van der Waals surface area contributed by atoms with Crippen molar-refractivity contribution in [2.24, 2.45) is 5.92 Å². The van der Waals surface area contributed by atoms with E-state index in [2.05, 4.69) is 20.2 Å². The van der Waals surface area contributed by atoms with E-state index in [9.17, 15) is 9.18 Å². The van der Waals surface area contributed by atoms with Gasteiger partial charge < -0.3 is 14.7 Å². The van der Waals surface area contributed by atoms with E-state index in [1.54, 1.807) is 18.5 Å². The fourth-order valence-corrected chi connectivity index (χ4v) is 3.71. The van der Waals surface area contributed by atoms with Gasteiger partial charge in [-0.2, -0.15) is 0 Å². The monoisotopic (exact) mass is 382 g/mol. The fourth-order valence-electron chi connectivity index (χ4n) is 3.71. The van der Waals surface area contributed by atoms with Gasteiger partial charge in [0.1, 0.15) is 11.6 Å². The first-order valence-electron chi connectivity index (χ1n) is 9.49. The summed E-state index contributed by atoms with van der Waals surface area (Å²) in [4.78, 5) is 21.8. The van der Waals surface area contributed by atoms with Gasteiger partial charge in [-0.25, -0.2) is 9.37 Å². The summed E-state index contributed by atoms with van der Waals surface area (Å²) in [5.41, 5.74) is 1.59. The number of benzene rings is 1. The molecule has 1 aliphatic rings. The van der Waals surface area contributed by atoms with Crippen molar-refractivity contribution in [1.29, 1.82) is 0 Å². The molecule has 0 aliphatic carbocycles. The van der Waals surface area contributed by atoms with Gasteiger partial charge in [-0.1, -0.05) is 0 Å². The van der Waals surface area contributed by atoms with Crippen molar-refractivity contribution in [1.82, 2.24) is 20.2 Å². The zero-order valence-electron chi connectivity index (χ0n) is 15.5. The van der Waals surface area contributed by atoms with Gasteiger partial charge in [-0.15, -0.1) is 0 Å². The number of carbonyl (C=O) groups is 1. The van der Waals surface area contributed by atoms with Crippen LogP contribution in [0.5, 0.6) is 0 Å². The Morgan fingerprint density at radius 2 is 2.32 bits per heavy atom. The lowest BCUT2D eigenvalue weighted by molar-refractivity contribution is 0.0928. The van der Waals surface area contributed by atoms with Gasteiger partial charge in [-0.3, -0.25) is 9.69 Å². The van der Waals surface area contributed by atoms with Crippen LogP contribution < -0.4 is 5.32 Å². The Hall–Kier alpha value is -2.93. The molecular weight excluding hydrogens is 359 g/mol. The normalized spacial score (nSPS) is 17.5. The van der Waals surface area contributed by atoms with Gasteiger partial charge in [0, 0.05) is 24.2 Å². The number of halogens is 1. The highest BCUT2D eigenvalue weighted by atomic mass is 19.1. The van der Waals surface area contributed by atoms with Crippen molar-refractivity contribution in [3.63, 3.8) is 0 Å². The lowest BCUT2D eigenvalue weighted by atomic mass is 9.97. The van der Waals surface area contributed by atoms with Crippen molar-refractivity contribution in [3.8, 4) is 11.3 Å². The molecule has 1 fully saturated rings. The molecule has 28 heavy (non-hydrogen) atoms. The number of H-pyrrole nitrogens is 1. The molecule has 0 radical (unpaired) electrons. The maximum atomic E-state index is 14.0. The van der Waals surface area contributed by atoms with Crippen LogP contribution in [0.1, 0.15) is 29.0 Å². The van der Waals surface area contributed by atoms with E-state index in [1.165, 1.54) is 18.5 Å². The van der Waals surface area contributed by atoms with E-state index in [0.29, 0.717) is 29.3 Å². The van der Waals surface area contributed by atoms with Crippen LogP contribution in [-0.4, -0.2) is 40.4 Å². The minimum Gasteiger partial charge on any atom is -0.468 e. The second kappa shape index (κ2) is 8.39. The van der Waals surface area contributed by atoms with Crippen LogP contribution >= 0.6 is 0 Å². The molecule has 0 spiro atoms. The molecule has 0 saturated carbocycles. The van der Waals surface area contributed by atoms with Gasteiger partial charge in [0.05, 0.1) is 31.0 Å². The highest BCUT2D eigenvalue weighted by molar-refractivity contribution is 5.95. The molecule has 7 heteroatoms. The fraction of sp³-hybridized carbons (Fsp3) is 0.333. The third-order valence-electron chi connectivity index (χ3n) is 5.08. The Bertz CT molecular complexity index is 909. The molecule has 2 N–H and O–H groups in total. The van der Waals surface area contributed by atoms with Gasteiger partial charge in [0.2, 0.25) is 0 Å². The molecule has 1 unspecified atom stereocenters. The van der Waals surface area contributed by atoms with Crippen molar-refractivity contribution < 1.29 is 13.6 Å². The van der Waals surface area contributed by atoms with Gasteiger partial charge in [-0.05, 0) is 55.6 Å². The van der Waals surface area contributed by atoms with Crippen LogP contribution in [0, 0.1) is 11.7 Å². The first kappa shape index (κ1) is 18.4. The van der Waals surface area contributed by atoms with Crippen LogP contribution in [-0.2, 0) is 6.54 Å². The van der Waals surface area contributed by atoms with E-state index < -0.39 is 5.82 Å². The molecule has 146 valence electrons. The number of hydrogen-bond donors (Lipinski definition) is 2. The molecule has 1 aliphatic heterocycles. The molecule has 2 aromatic heterocycles. The van der Waals surface area contributed by atoms with Crippen LogP contribution in [0.15, 0.2) is 53.5 Å². The zero-order chi connectivity index (χ0) is 19.3. The number of carbonyl (C=O) groups excluding carboxylic acids is 1. The Labute approximate surface area is 162 Å². The standard InChI is InChI=1S/C21H23FN4O2/c22-18-8-16(20-11-23-14-25-20)7-17(9-18)21(27)24-10-15-3-1-5-26(12-15)13-19-4-2-6-28-19/h2,4,6-9,11,14-15H,1,3,5,10,12-13H2,(H,23,25)(H,24,27). The molecule has 1 atom stereocenters. The minimum absolute atomic E-state index is 0.261. The molecule has 1 aromatic carbocycles. The topological polar surface area (TPSA) is 74.2 Å². The summed E-state index contributed by atoms with van der Waals surface area (Å²) in [6.07, 6.45) is 6.97. The van der Waals surface area contributed by atoms with E-state index in [-0.39, 0.29) is 5.91 Å². The number of aromatic amines is 1. The molecule has 0 bridgehead atoms. The van der Waals surface area contributed by atoms with E-state index >= 15 is 0 Å². The van der Waals surface area contributed by atoms with Crippen molar-refractivity contribution in [2.75, 3.05) is 19.6 Å². The van der Waals surface area contributed by atoms with Gasteiger partial charge in [0.25, 0.3) is 5.91 Å². The summed E-state index contributed by atoms with van der Waals surface area (Å²) in [5.74, 6) is 0.618. The van der Waals surface area contributed by atoms with E-state index in [0.717, 1.165) is 38.2 Å². The van der Waals surface area contributed by atoms with Crippen LogP contribution in [0.25, 0.3) is 11.3 Å². The molecule has 3 heterocycles. The number of piperidine rings is 1. The summed E-state index contributed by atoms with van der Waals surface area (Å²) < 4.78 is 19.4. The predicted octanol–water partition coefficient (Wildman–Crippen LogP) is 3.45. The first-order valence-corrected chi connectivity index (χ1v) is 9.49. The molecular formula is C21H23FN4O2. The summed E-state index contributed by atoms with van der Waals surface area (Å²) in [6, 6.07) is 8.20. The summed E-state index contributed by atoms with van der Waals surface area (Å²) >= 11 is 0. The SMILES string of the molecule is O=C(NCC1CCCN(Cc2ccco2)C1)c1cc(F)cc(-c2cnc[nH]2)c1. The average Bonchev–Trinajstić information content (AvgIpc) is 3.40. The van der Waals surface area contributed by atoms with Crippen LogP contribution in [0.3, 0.4) is 0 Å². The molecule has 3 aromatic rings. The number of likely N-dealkylation sites (tertiary alicyclic amines) is 1. The number of rotatable bonds is 6. The zero-order valence-corrected chi connectivity index (χ0v) is 15.5. The van der Waals surface area contributed by atoms with Crippen molar-refractivity contribution in [3.05, 3.63) is 66.3 Å². The number of furan rings is 1. The van der Waals surface area contributed by atoms with Crippen molar-refractivity contribution in [2.45, 2.75) is 19.4 Å². The smallest absolute Gasteiger partial charge is 0.251 e. The molecule has 1 amide bonds. The molecule has 4 rings (SSSR count). The Balaban J connectivity index is 1.35. The highest BCUT2D eigenvalue weighted by Gasteiger charge is 2.21. The third kappa shape index (κ3) is 4.48. The number of imidazole rings is 1. The average molecular weight is 382 g/mol. The Morgan fingerprint density at radius 3 is 3.11 bits per heavy atom. The largest absolute Gasteiger partial charge is 0.468 e. The first-order chi connectivity index (χ1) is 13.7. The number of nitrogens with one attached hydrogen (secondary N) is 2. The summed E-state index contributed by atoms with van der Waals surface area (Å²) in [7, 11) is 0. The number of amides is 1.